The van der Waals surface area contributed by atoms with E-state index in [1.807, 2.05) is 24.4 Å². The first kappa shape index (κ1) is 18.4. The van der Waals surface area contributed by atoms with E-state index in [2.05, 4.69) is 32.0 Å². The molecule has 8 heteroatoms. The number of carbonyl (C=O) groups excluding carboxylic acids is 1. The largest absolute Gasteiger partial charge is 0.366 e. The molecule has 1 unspecified atom stereocenters. The Morgan fingerprint density at radius 2 is 2.08 bits per heavy atom. The van der Waals surface area contributed by atoms with Crippen molar-refractivity contribution >= 4 is 29.1 Å². The van der Waals surface area contributed by atoms with Crippen molar-refractivity contribution in [3.8, 4) is 0 Å². The quantitative estimate of drug-likeness (QED) is 0.802. The number of nitrogens with zero attached hydrogens (tertiary/aromatic N) is 4. The molecule has 1 aliphatic heterocycles. The van der Waals surface area contributed by atoms with Crippen LogP contribution in [-0.2, 0) is 0 Å². The lowest BCUT2D eigenvalue weighted by atomic mass is 10.2. The molecule has 3 N–H and O–H groups in total. The van der Waals surface area contributed by atoms with Crippen LogP contribution >= 0.6 is 11.6 Å². The Labute approximate surface area is 158 Å². The molecule has 1 saturated heterocycles. The number of carbonyl (C=O) groups is 1. The first-order valence-corrected chi connectivity index (χ1v) is 9.01. The van der Waals surface area contributed by atoms with Gasteiger partial charge in [-0.2, -0.15) is 0 Å². The lowest BCUT2D eigenvalue weighted by Gasteiger charge is -2.36. The van der Waals surface area contributed by atoms with Gasteiger partial charge in [0.15, 0.2) is 0 Å². The molecule has 0 aliphatic carbocycles. The number of nitrogens with two attached hydrogens (primary N) is 1. The van der Waals surface area contributed by atoms with Gasteiger partial charge < -0.3 is 16.0 Å². The summed E-state index contributed by atoms with van der Waals surface area (Å²) in [6, 6.07) is 7.70. The Morgan fingerprint density at radius 1 is 1.31 bits per heavy atom. The van der Waals surface area contributed by atoms with Gasteiger partial charge in [0.05, 0.1) is 10.6 Å². The summed E-state index contributed by atoms with van der Waals surface area (Å²) in [4.78, 5) is 24.5. The highest BCUT2D eigenvalue weighted by Gasteiger charge is 2.20. The van der Waals surface area contributed by atoms with E-state index in [1.54, 1.807) is 0 Å². The van der Waals surface area contributed by atoms with Crippen molar-refractivity contribution in [2.75, 3.05) is 42.9 Å². The Hall–Kier alpha value is -2.38. The number of hydrogen-bond donors (Lipinski definition) is 2. The van der Waals surface area contributed by atoms with Gasteiger partial charge in [0.1, 0.15) is 11.6 Å². The second-order valence-corrected chi connectivity index (χ2v) is 6.85. The first-order chi connectivity index (χ1) is 12.5. The van der Waals surface area contributed by atoms with Gasteiger partial charge in [-0.25, -0.2) is 9.97 Å². The van der Waals surface area contributed by atoms with Gasteiger partial charge in [-0.1, -0.05) is 17.7 Å². The van der Waals surface area contributed by atoms with Crippen LogP contribution in [0.1, 0.15) is 17.3 Å². The smallest absolute Gasteiger partial charge is 0.250 e. The monoisotopic (exact) mass is 374 g/mol. The Kier molecular flexibility index (Phi) is 5.90. The maximum Gasteiger partial charge on any atom is 0.250 e. The molecule has 138 valence electrons. The third kappa shape index (κ3) is 4.62. The summed E-state index contributed by atoms with van der Waals surface area (Å²) >= 11 is 6.19. The van der Waals surface area contributed by atoms with Crippen molar-refractivity contribution in [3.63, 3.8) is 0 Å². The minimum absolute atomic E-state index is 0.167. The zero-order valence-electron chi connectivity index (χ0n) is 14.7. The topological polar surface area (TPSA) is 87.4 Å². The highest BCUT2D eigenvalue weighted by molar-refractivity contribution is 6.33. The molecule has 0 radical (unpaired) electrons. The molecule has 2 aromatic heterocycles. The number of primary amides is 1. The maximum absolute atomic E-state index is 11.2. The van der Waals surface area contributed by atoms with E-state index < -0.39 is 5.91 Å². The van der Waals surface area contributed by atoms with Gasteiger partial charge in [0, 0.05) is 51.2 Å². The Bertz CT molecular complexity index is 749. The van der Waals surface area contributed by atoms with Crippen molar-refractivity contribution in [2.45, 2.75) is 13.0 Å². The van der Waals surface area contributed by atoms with E-state index in [-0.39, 0.29) is 6.04 Å². The average molecular weight is 375 g/mol. The van der Waals surface area contributed by atoms with E-state index >= 15 is 0 Å². The highest BCUT2D eigenvalue weighted by Crippen LogP contribution is 2.21. The lowest BCUT2D eigenvalue weighted by Crippen LogP contribution is -2.49. The molecule has 1 fully saturated rings. The number of pyridine rings is 2. The van der Waals surface area contributed by atoms with Crippen LogP contribution < -0.4 is 16.0 Å². The van der Waals surface area contributed by atoms with E-state index in [9.17, 15) is 4.79 Å². The first-order valence-electron chi connectivity index (χ1n) is 8.63. The summed E-state index contributed by atoms with van der Waals surface area (Å²) in [5.41, 5.74) is 5.54. The summed E-state index contributed by atoms with van der Waals surface area (Å²) in [6.45, 7) is 6.83. The fourth-order valence-corrected chi connectivity index (χ4v) is 3.27. The number of amides is 1. The molecule has 1 amide bonds. The summed E-state index contributed by atoms with van der Waals surface area (Å²) in [6.07, 6.45) is 3.27. The van der Waals surface area contributed by atoms with Gasteiger partial charge in [-0.3, -0.25) is 9.69 Å². The fourth-order valence-electron chi connectivity index (χ4n) is 3.05. The van der Waals surface area contributed by atoms with Crippen molar-refractivity contribution < 1.29 is 4.79 Å². The van der Waals surface area contributed by atoms with Gasteiger partial charge in [0.2, 0.25) is 5.91 Å². The third-order valence-corrected chi connectivity index (χ3v) is 4.67. The lowest BCUT2D eigenvalue weighted by molar-refractivity contribution is 0.1000. The summed E-state index contributed by atoms with van der Waals surface area (Å²) in [7, 11) is 0. The standard InChI is InChI=1S/C18H23ClN6O/c1-13(23-18-15(19)10-14(11-22-18)17(20)26)12-24-6-8-25(9-7-24)16-4-2-3-5-21-16/h2-5,10-11,13H,6-9,12H2,1H3,(H2,20,26)(H,22,23). The molecule has 3 rings (SSSR count). The molecule has 7 nitrogen and oxygen atoms in total. The van der Waals surface area contributed by atoms with Crippen molar-refractivity contribution in [1.29, 1.82) is 0 Å². The van der Waals surface area contributed by atoms with E-state index in [4.69, 9.17) is 17.3 Å². The van der Waals surface area contributed by atoms with Gasteiger partial charge in [-0.15, -0.1) is 0 Å². The Balaban J connectivity index is 1.50. The third-order valence-electron chi connectivity index (χ3n) is 4.39. The second kappa shape index (κ2) is 8.33. The minimum Gasteiger partial charge on any atom is -0.366 e. The summed E-state index contributed by atoms with van der Waals surface area (Å²) < 4.78 is 0. The molecule has 0 bridgehead atoms. The molecule has 1 aliphatic rings. The van der Waals surface area contributed by atoms with Crippen LogP contribution in [0.5, 0.6) is 0 Å². The zero-order chi connectivity index (χ0) is 18.5. The molecular weight excluding hydrogens is 352 g/mol. The van der Waals surface area contributed by atoms with Crippen LogP contribution in [0.15, 0.2) is 36.7 Å². The number of anilines is 2. The maximum atomic E-state index is 11.2. The SMILES string of the molecule is CC(CN1CCN(c2ccccn2)CC1)Nc1ncc(C(N)=O)cc1Cl. The van der Waals surface area contributed by atoms with Crippen molar-refractivity contribution in [2.24, 2.45) is 5.73 Å². The molecule has 0 spiro atoms. The van der Waals surface area contributed by atoms with Crippen molar-refractivity contribution in [3.05, 3.63) is 47.2 Å². The van der Waals surface area contributed by atoms with Gasteiger partial charge in [-0.05, 0) is 25.1 Å². The Morgan fingerprint density at radius 3 is 2.69 bits per heavy atom. The average Bonchev–Trinajstić information content (AvgIpc) is 2.64. The molecule has 0 aromatic carbocycles. The van der Waals surface area contributed by atoms with Crippen LogP contribution in [-0.4, -0.2) is 59.5 Å². The van der Waals surface area contributed by atoms with Crippen LogP contribution in [0.25, 0.3) is 0 Å². The van der Waals surface area contributed by atoms with Crippen molar-refractivity contribution in [1.82, 2.24) is 14.9 Å². The second-order valence-electron chi connectivity index (χ2n) is 6.44. The summed E-state index contributed by atoms with van der Waals surface area (Å²) in [5.74, 6) is 1.06. The molecule has 26 heavy (non-hydrogen) atoms. The van der Waals surface area contributed by atoms with Crippen LogP contribution in [0.2, 0.25) is 5.02 Å². The number of rotatable bonds is 6. The predicted molar refractivity (Wildman–Crippen MR) is 104 cm³/mol. The van der Waals surface area contributed by atoms with E-state index in [0.717, 1.165) is 38.5 Å². The number of piperazine rings is 1. The molecule has 3 heterocycles. The van der Waals surface area contributed by atoms with E-state index in [1.165, 1.54) is 12.3 Å². The number of hydrogen-bond acceptors (Lipinski definition) is 6. The number of halogens is 1. The highest BCUT2D eigenvalue weighted by atomic mass is 35.5. The molecule has 0 saturated carbocycles. The predicted octanol–water partition coefficient (Wildman–Crippen LogP) is 1.85. The van der Waals surface area contributed by atoms with Crippen LogP contribution in [0.4, 0.5) is 11.6 Å². The summed E-state index contributed by atoms with van der Waals surface area (Å²) in [5, 5.41) is 3.70. The molecule has 2 aromatic rings. The van der Waals surface area contributed by atoms with Crippen LogP contribution in [0, 0.1) is 0 Å². The molecule has 1 atom stereocenters. The molecular formula is C18H23ClN6O. The van der Waals surface area contributed by atoms with Gasteiger partial charge in [0.25, 0.3) is 0 Å². The number of aromatic nitrogens is 2. The van der Waals surface area contributed by atoms with Gasteiger partial charge >= 0.3 is 0 Å². The normalized spacial score (nSPS) is 16.3. The zero-order valence-corrected chi connectivity index (χ0v) is 15.5. The van der Waals surface area contributed by atoms with Crippen LogP contribution in [0.3, 0.4) is 0 Å². The fraction of sp³-hybridized carbons (Fsp3) is 0.389. The minimum atomic E-state index is -0.537. The number of nitrogens with one attached hydrogen (secondary N) is 1. The van der Waals surface area contributed by atoms with E-state index in [0.29, 0.717) is 16.4 Å².